The SMILES string of the molecule is CN(C[C@@H]1CCCN1C(=O)OC(C)(C)C)C(=O)OCc1ccccc1. The van der Waals surface area contributed by atoms with Crippen molar-refractivity contribution in [2.24, 2.45) is 0 Å². The van der Waals surface area contributed by atoms with Gasteiger partial charge in [-0.05, 0) is 39.2 Å². The van der Waals surface area contributed by atoms with Crippen LogP contribution in [-0.2, 0) is 16.1 Å². The van der Waals surface area contributed by atoms with Crippen molar-refractivity contribution in [2.45, 2.75) is 51.9 Å². The summed E-state index contributed by atoms with van der Waals surface area (Å²) < 4.78 is 10.8. The first-order valence-electron chi connectivity index (χ1n) is 8.68. The minimum Gasteiger partial charge on any atom is -0.445 e. The number of likely N-dealkylation sites (tertiary alicyclic amines) is 1. The summed E-state index contributed by atoms with van der Waals surface area (Å²) in [6.45, 7) is 6.89. The van der Waals surface area contributed by atoms with Crippen molar-refractivity contribution in [1.82, 2.24) is 9.80 Å². The summed E-state index contributed by atoms with van der Waals surface area (Å²) in [7, 11) is 1.69. The van der Waals surface area contributed by atoms with E-state index in [-0.39, 0.29) is 24.8 Å². The van der Waals surface area contributed by atoms with E-state index in [0.29, 0.717) is 13.1 Å². The second-order valence-electron chi connectivity index (χ2n) is 7.39. The van der Waals surface area contributed by atoms with Crippen LogP contribution in [0, 0.1) is 0 Å². The molecular formula is C19H28N2O4. The minimum atomic E-state index is -0.523. The topological polar surface area (TPSA) is 59.1 Å². The van der Waals surface area contributed by atoms with Gasteiger partial charge in [0.1, 0.15) is 12.2 Å². The molecule has 6 nitrogen and oxygen atoms in total. The zero-order valence-electron chi connectivity index (χ0n) is 15.5. The monoisotopic (exact) mass is 348 g/mol. The second-order valence-corrected chi connectivity index (χ2v) is 7.39. The number of carbonyl (C=O) groups is 2. The largest absolute Gasteiger partial charge is 0.445 e. The fraction of sp³-hybridized carbons (Fsp3) is 0.579. The van der Waals surface area contributed by atoms with E-state index in [1.165, 1.54) is 4.90 Å². The number of benzene rings is 1. The summed E-state index contributed by atoms with van der Waals surface area (Å²) in [6, 6.07) is 9.52. The number of hydrogen-bond donors (Lipinski definition) is 0. The molecule has 1 saturated heterocycles. The van der Waals surface area contributed by atoms with Gasteiger partial charge in [0.15, 0.2) is 0 Å². The van der Waals surface area contributed by atoms with Gasteiger partial charge in [0.05, 0.1) is 6.04 Å². The Balaban J connectivity index is 1.84. The van der Waals surface area contributed by atoms with Crippen LogP contribution < -0.4 is 0 Å². The molecule has 25 heavy (non-hydrogen) atoms. The predicted molar refractivity (Wildman–Crippen MR) is 95.2 cm³/mol. The molecule has 2 rings (SSSR count). The van der Waals surface area contributed by atoms with E-state index in [4.69, 9.17) is 9.47 Å². The smallest absolute Gasteiger partial charge is 0.410 e. The Morgan fingerprint density at radius 3 is 2.56 bits per heavy atom. The van der Waals surface area contributed by atoms with Crippen LogP contribution in [0.1, 0.15) is 39.2 Å². The van der Waals surface area contributed by atoms with Crippen molar-refractivity contribution >= 4 is 12.2 Å². The highest BCUT2D eigenvalue weighted by Crippen LogP contribution is 2.21. The molecule has 1 aliphatic heterocycles. The lowest BCUT2D eigenvalue weighted by atomic mass is 10.2. The Morgan fingerprint density at radius 1 is 1.24 bits per heavy atom. The number of ether oxygens (including phenoxy) is 2. The molecule has 0 N–H and O–H groups in total. The Labute approximate surface area is 149 Å². The van der Waals surface area contributed by atoms with Crippen molar-refractivity contribution in [2.75, 3.05) is 20.1 Å². The average molecular weight is 348 g/mol. The number of rotatable bonds is 4. The standard InChI is InChI=1S/C19H28N2O4/c1-19(2,3)25-18(23)21-12-8-11-16(21)13-20(4)17(22)24-14-15-9-6-5-7-10-15/h5-7,9-10,16H,8,11-14H2,1-4H3/t16-/m0/s1. The van der Waals surface area contributed by atoms with Crippen LogP contribution in [0.4, 0.5) is 9.59 Å². The van der Waals surface area contributed by atoms with Gasteiger partial charge in [-0.1, -0.05) is 30.3 Å². The van der Waals surface area contributed by atoms with Crippen LogP contribution >= 0.6 is 0 Å². The number of likely N-dealkylation sites (N-methyl/N-ethyl adjacent to an activating group) is 1. The molecule has 0 bridgehead atoms. The minimum absolute atomic E-state index is 0.0378. The lowest BCUT2D eigenvalue weighted by Gasteiger charge is -2.30. The summed E-state index contributed by atoms with van der Waals surface area (Å²) in [5.74, 6) is 0. The van der Waals surface area contributed by atoms with E-state index >= 15 is 0 Å². The first-order valence-corrected chi connectivity index (χ1v) is 8.68. The Morgan fingerprint density at radius 2 is 1.92 bits per heavy atom. The Bertz CT molecular complexity index is 583. The van der Waals surface area contributed by atoms with Crippen molar-refractivity contribution in [1.29, 1.82) is 0 Å². The molecular weight excluding hydrogens is 320 g/mol. The highest BCUT2D eigenvalue weighted by Gasteiger charge is 2.33. The van der Waals surface area contributed by atoms with Crippen LogP contribution in [0.3, 0.4) is 0 Å². The van der Waals surface area contributed by atoms with Gasteiger partial charge in [0.2, 0.25) is 0 Å². The number of hydrogen-bond acceptors (Lipinski definition) is 4. The molecule has 1 aliphatic rings. The predicted octanol–water partition coefficient (Wildman–Crippen LogP) is 3.65. The summed E-state index contributed by atoms with van der Waals surface area (Å²) >= 11 is 0. The lowest BCUT2D eigenvalue weighted by Crippen LogP contribution is -2.45. The van der Waals surface area contributed by atoms with Crippen molar-refractivity contribution in [3.05, 3.63) is 35.9 Å². The van der Waals surface area contributed by atoms with Crippen LogP contribution in [0.15, 0.2) is 30.3 Å². The normalized spacial score (nSPS) is 17.3. The molecule has 1 aromatic carbocycles. The Kier molecular flexibility index (Phi) is 6.28. The van der Waals surface area contributed by atoms with Crippen molar-refractivity contribution in [3.63, 3.8) is 0 Å². The van der Waals surface area contributed by atoms with E-state index in [2.05, 4.69) is 0 Å². The summed E-state index contributed by atoms with van der Waals surface area (Å²) in [6.07, 6.45) is 1.06. The van der Waals surface area contributed by atoms with E-state index in [0.717, 1.165) is 18.4 Å². The van der Waals surface area contributed by atoms with Crippen LogP contribution in [0.25, 0.3) is 0 Å². The van der Waals surface area contributed by atoms with Gasteiger partial charge in [-0.15, -0.1) is 0 Å². The highest BCUT2D eigenvalue weighted by molar-refractivity contribution is 5.70. The number of nitrogens with zero attached hydrogens (tertiary/aromatic N) is 2. The number of carbonyl (C=O) groups excluding carboxylic acids is 2. The third kappa shape index (κ3) is 5.96. The molecule has 1 aromatic rings. The summed E-state index contributed by atoms with van der Waals surface area (Å²) in [4.78, 5) is 27.7. The summed E-state index contributed by atoms with van der Waals surface area (Å²) in [5.41, 5.74) is 0.422. The van der Waals surface area contributed by atoms with Gasteiger partial charge in [0, 0.05) is 20.1 Å². The fourth-order valence-electron chi connectivity index (χ4n) is 2.81. The van der Waals surface area contributed by atoms with Crippen LogP contribution in [-0.4, -0.2) is 53.8 Å². The molecule has 0 saturated carbocycles. The third-order valence-electron chi connectivity index (χ3n) is 4.01. The first-order chi connectivity index (χ1) is 11.8. The van der Waals surface area contributed by atoms with Crippen LogP contribution in [0.2, 0.25) is 0 Å². The lowest BCUT2D eigenvalue weighted by molar-refractivity contribution is 0.0195. The molecule has 0 radical (unpaired) electrons. The Hall–Kier alpha value is -2.24. The zero-order chi connectivity index (χ0) is 18.4. The molecule has 0 aliphatic carbocycles. The quantitative estimate of drug-likeness (QED) is 0.833. The van der Waals surface area contributed by atoms with Gasteiger partial charge in [-0.25, -0.2) is 9.59 Å². The van der Waals surface area contributed by atoms with Gasteiger partial charge in [0.25, 0.3) is 0 Å². The van der Waals surface area contributed by atoms with E-state index in [1.807, 2.05) is 51.1 Å². The number of amides is 2. The van der Waals surface area contributed by atoms with E-state index in [1.54, 1.807) is 11.9 Å². The molecule has 6 heteroatoms. The molecule has 0 aromatic heterocycles. The maximum atomic E-state index is 12.3. The second kappa shape index (κ2) is 8.23. The maximum absolute atomic E-state index is 12.3. The first kappa shape index (κ1) is 19.1. The van der Waals surface area contributed by atoms with E-state index in [9.17, 15) is 9.59 Å². The third-order valence-corrected chi connectivity index (χ3v) is 4.01. The molecule has 0 spiro atoms. The van der Waals surface area contributed by atoms with Gasteiger partial charge < -0.3 is 19.3 Å². The summed E-state index contributed by atoms with van der Waals surface area (Å²) in [5, 5.41) is 0. The zero-order valence-corrected chi connectivity index (χ0v) is 15.5. The van der Waals surface area contributed by atoms with Crippen LogP contribution in [0.5, 0.6) is 0 Å². The molecule has 138 valence electrons. The van der Waals surface area contributed by atoms with Gasteiger partial charge in [-0.3, -0.25) is 0 Å². The molecule has 1 fully saturated rings. The van der Waals surface area contributed by atoms with Gasteiger partial charge in [-0.2, -0.15) is 0 Å². The average Bonchev–Trinajstić information content (AvgIpc) is 3.00. The van der Waals surface area contributed by atoms with E-state index < -0.39 is 5.60 Å². The van der Waals surface area contributed by atoms with Crippen molar-refractivity contribution < 1.29 is 19.1 Å². The molecule has 2 amide bonds. The fourth-order valence-corrected chi connectivity index (χ4v) is 2.81. The highest BCUT2D eigenvalue weighted by atomic mass is 16.6. The molecule has 0 unspecified atom stereocenters. The van der Waals surface area contributed by atoms with Gasteiger partial charge >= 0.3 is 12.2 Å². The molecule has 1 atom stereocenters. The maximum Gasteiger partial charge on any atom is 0.410 e. The van der Waals surface area contributed by atoms with Crippen molar-refractivity contribution in [3.8, 4) is 0 Å². The molecule has 1 heterocycles.